The maximum absolute atomic E-state index is 11.0. The number of fused-ring (bicyclic) bond motifs is 1. The summed E-state index contributed by atoms with van der Waals surface area (Å²) in [7, 11) is 1.98. The van der Waals surface area contributed by atoms with Crippen molar-refractivity contribution in [3.8, 4) is 0 Å². The molecule has 0 radical (unpaired) electrons. The molecule has 1 heterocycles. The molecule has 0 bridgehead atoms. The van der Waals surface area contributed by atoms with Gasteiger partial charge in [0, 0.05) is 18.7 Å². The van der Waals surface area contributed by atoms with E-state index in [-0.39, 0.29) is 10.6 Å². The number of hydrogen-bond acceptors (Lipinski definition) is 3. The number of benzene rings is 1. The van der Waals surface area contributed by atoms with Crippen molar-refractivity contribution < 1.29 is 4.92 Å². The van der Waals surface area contributed by atoms with E-state index in [0.717, 1.165) is 24.1 Å². The predicted molar refractivity (Wildman–Crippen MR) is 60.8 cm³/mol. The van der Waals surface area contributed by atoms with Crippen molar-refractivity contribution in [2.45, 2.75) is 13.0 Å². The van der Waals surface area contributed by atoms with Crippen molar-refractivity contribution in [2.75, 3.05) is 13.6 Å². The van der Waals surface area contributed by atoms with Crippen molar-refractivity contribution in [3.63, 3.8) is 0 Å². The Kier molecular flexibility index (Phi) is 2.75. The number of nitro benzene ring substituents is 1. The van der Waals surface area contributed by atoms with E-state index < -0.39 is 0 Å². The van der Waals surface area contributed by atoms with E-state index in [1.165, 1.54) is 0 Å². The first-order valence-corrected chi connectivity index (χ1v) is 5.52. The van der Waals surface area contributed by atoms with Crippen LogP contribution < -0.4 is 0 Å². The number of nitro groups is 1. The van der Waals surface area contributed by atoms with Gasteiger partial charge in [0.25, 0.3) is 5.69 Å². The molecule has 0 fully saturated rings. The van der Waals surface area contributed by atoms with Gasteiger partial charge in [0.1, 0.15) is 0 Å². The minimum Gasteiger partial charge on any atom is -0.302 e. The summed E-state index contributed by atoms with van der Waals surface area (Å²) in [4.78, 5) is 12.8. The normalized spacial score (nSPS) is 16.1. The topological polar surface area (TPSA) is 46.4 Å². The fourth-order valence-electron chi connectivity index (χ4n) is 1.92. The van der Waals surface area contributed by atoms with Crippen LogP contribution in [0.25, 0.3) is 0 Å². The maximum Gasteiger partial charge on any atom is 0.288 e. The molecular formula is C10H11BrN2O2. The van der Waals surface area contributed by atoms with Gasteiger partial charge in [-0.15, -0.1) is 0 Å². The van der Waals surface area contributed by atoms with Crippen molar-refractivity contribution in [1.82, 2.24) is 4.90 Å². The smallest absolute Gasteiger partial charge is 0.288 e. The highest BCUT2D eigenvalue weighted by Gasteiger charge is 2.25. The van der Waals surface area contributed by atoms with Crippen LogP contribution in [0.15, 0.2) is 16.6 Å². The minimum absolute atomic E-state index is 0.221. The Morgan fingerprint density at radius 2 is 2.27 bits per heavy atom. The average molecular weight is 271 g/mol. The summed E-state index contributed by atoms with van der Waals surface area (Å²) in [6.07, 6.45) is 0.889. The van der Waals surface area contributed by atoms with E-state index in [2.05, 4.69) is 20.8 Å². The number of likely N-dealkylation sites (N-methyl/N-ethyl adjacent to an activating group) is 1. The molecule has 1 aliphatic rings. The molecule has 4 nitrogen and oxygen atoms in total. The quantitative estimate of drug-likeness (QED) is 0.581. The molecule has 0 N–H and O–H groups in total. The molecule has 80 valence electrons. The Balaban J connectivity index is 2.57. The molecule has 1 aliphatic heterocycles. The third-order valence-electron chi connectivity index (χ3n) is 2.70. The number of halogens is 1. The van der Waals surface area contributed by atoms with Crippen molar-refractivity contribution in [1.29, 1.82) is 0 Å². The van der Waals surface area contributed by atoms with Gasteiger partial charge in [-0.1, -0.05) is 6.07 Å². The van der Waals surface area contributed by atoms with Gasteiger partial charge in [-0.25, -0.2) is 0 Å². The Labute approximate surface area is 96.2 Å². The standard InChI is InChI=1S/C10H11BrN2O2/c1-12-5-4-7-2-3-9(11)10(13(14)15)8(7)6-12/h2-3H,4-6H2,1H3. The van der Waals surface area contributed by atoms with E-state index in [9.17, 15) is 10.1 Å². The highest BCUT2D eigenvalue weighted by atomic mass is 79.9. The lowest BCUT2D eigenvalue weighted by Crippen LogP contribution is -2.27. The molecule has 0 saturated heterocycles. The first-order valence-electron chi connectivity index (χ1n) is 4.73. The van der Waals surface area contributed by atoms with Crippen LogP contribution >= 0.6 is 15.9 Å². The zero-order chi connectivity index (χ0) is 11.0. The molecule has 0 saturated carbocycles. The zero-order valence-corrected chi connectivity index (χ0v) is 9.95. The number of rotatable bonds is 1. The van der Waals surface area contributed by atoms with Crippen molar-refractivity contribution >= 4 is 21.6 Å². The van der Waals surface area contributed by atoms with E-state index in [0.29, 0.717) is 11.0 Å². The second-order valence-electron chi connectivity index (χ2n) is 3.78. The summed E-state index contributed by atoms with van der Waals surface area (Å²) in [5, 5.41) is 11.0. The Morgan fingerprint density at radius 3 is 2.93 bits per heavy atom. The van der Waals surface area contributed by atoms with Gasteiger partial charge in [0.15, 0.2) is 0 Å². The lowest BCUT2D eigenvalue weighted by molar-refractivity contribution is -0.386. The molecule has 0 atom stereocenters. The summed E-state index contributed by atoms with van der Waals surface area (Å²) in [6, 6.07) is 3.74. The molecule has 0 aliphatic carbocycles. The second kappa shape index (κ2) is 3.90. The molecule has 15 heavy (non-hydrogen) atoms. The molecular weight excluding hydrogens is 260 g/mol. The number of hydrogen-bond donors (Lipinski definition) is 0. The highest BCUT2D eigenvalue weighted by molar-refractivity contribution is 9.10. The number of nitrogens with zero attached hydrogens (tertiary/aromatic N) is 2. The van der Waals surface area contributed by atoms with E-state index in [1.807, 2.05) is 13.1 Å². The van der Waals surface area contributed by atoms with Gasteiger partial charge >= 0.3 is 0 Å². The summed E-state index contributed by atoms with van der Waals surface area (Å²) >= 11 is 3.24. The van der Waals surface area contributed by atoms with Crippen LogP contribution in [-0.4, -0.2) is 23.4 Å². The predicted octanol–water partition coefficient (Wildman–Crippen LogP) is 2.35. The summed E-state index contributed by atoms with van der Waals surface area (Å²) < 4.78 is 0.571. The van der Waals surface area contributed by atoms with E-state index in [1.54, 1.807) is 6.07 Å². The average Bonchev–Trinajstić information content (AvgIpc) is 2.16. The molecule has 0 unspecified atom stereocenters. The molecule has 2 rings (SSSR count). The summed E-state index contributed by atoms with van der Waals surface area (Å²) in [5.74, 6) is 0. The van der Waals surface area contributed by atoms with Crippen LogP contribution in [0.4, 0.5) is 5.69 Å². The van der Waals surface area contributed by atoms with Gasteiger partial charge in [0.2, 0.25) is 0 Å². The first kappa shape index (κ1) is 10.6. The van der Waals surface area contributed by atoms with E-state index in [4.69, 9.17) is 0 Å². The zero-order valence-electron chi connectivity index (χ0n) is 8.36. The molecule has 5 heteroatoms. The van der Waals surface area contributed by atoms with E-state index >= 15 is 0 Å². The van der Waals surface area contributed by atoms with Crippen LogP contribution in [-0.2, 0) is 13.0 Å². The SMILES string of the molecule is CN1CCc2ccc(Br)c([N+](=O)[O-])c2C1. The summed E-state index contributed by atoms with van der Waals surface area (Å²) in [5.41, 5.74) is 2.17. The van der Waals surface area contributed by atoms with Crippen LogP contribution in [0.1, 0.15) is 11.1 Å². The molecule has 1 aromatic rings. The first-order chi connectivity index (χ1) is 7.09. The highest BCUT2D eigenvalue weighted by Crippen LogP contribution is 2.34. The van der Waals surface area contributed by atoms with Crippen molar-refractivity contribution in [2.24, 2.45) is 0 Å². The minimum atomic E-state index is -0.303. The third-order valence-corrected chi connectivity index (χ3v) is 3.34. The summed E-state index contributed by atoms with van der Waals surface area (Å²) in [6.45, 7) is 1.62. The van der Waals surface area contributed by atoms with Gasteiger partial charge in [0.05, 0.1) is 9.40 Å². The Hall–Kier alpha value is -0.940. The lowest BCUT2D eigenvalue weighted by atomic mass is 9.98. The van der Waals surface area contributed by atoms with Gasteiger partial charge in [-0.2, -0.15) is 0 Å². The fraction of sp³-hybridized carbons (Fsp3) is 0.400. The third kappa shape index (κ3) is 1.89. The fourth-order valence-corrected chi connectivity index (χ4v) is 2.43. The Bertz CT molecular complexity index is 420. The Morgan fingerprint density at radius 1 is 1.53 bits per heavy atom. The van der Waals surface area contributed by atoms with Crippen LogP contribution in [0.2, 0.25) is 0 Å². The van der Waals surface area contributed by atoms with Gasteiger partial charge in [-0.3, -0.25) is 10.1 Å². The van der Waals surface area contributed by atoms with Crippen LogP contribution in [0, 0.1) is 10.1 Å². The molecule has 0 spiro atoms. The molecule has 1 aromatic carbocycles. The molecule has 0 amide bonds. The lowest BCUT2D eigenvalue weighted by Gasteiger charge is -2.24. The monoisotopic (exact) mass is 270 g/mol. The van der Waals surface area contributed by atoms with Gasteiger partial charge in [-0.05, 0) is 41.0 Å². The molecule has 0 aromatic heterocycles. The van der Waals surface area contributed by atoms with Crippen molar-refractivity contribution in [3.05, 3.63) is 37.8 Å². The second-order valence-corrected chi connectivity index (χ2v) is 4.63. The largest absolute Gasteiger partial charge is 0.302 e. The maximum atomic E-state index is 11.0. The van der Waals surface area contributed by atoms with Crippen LogP contribution in [0.5, 0.6) is 0 Å². The van der Waals surface area contributed by atoms with Crippen LogP contribution in [0.3, 0.4) is 0 Å². The van der Waals surface area contributed by atoms with Gasteiger partial charge < -0.3 is 4.90 Å².